The minimum atomic E-state index is -3.80. The van der Waals surface area contributed by atoms with E-state index >= 15 is 0 Å². The lowest BCUT2D eigenvalue weighted by atomic mass is 10.1. The van der Waals surface area contributed by atoms with Crippen molar-refractivity contribution in [1.29, 1.82) is 0 Å². The standard InChI is InChI=1S/C13H10F3NO2S/c1-2-20(18,19)12-5-9(7-17-13(12)16)8-3-10(14)6-11(15)4-8/h3-7H,2H2,1H3. The Morgan fingerprint density at radius 2 is 1.60 bits per heavy atom. The summed E-state index contributed by atoms with van der Waals surface area (Å²) in [6.07, 6.45) is 1.03. The van der Waals surface area contributed by atoms with Crippen LogP contribution in [0.15, 0.2) is 35.4 Å². The molecule has 0 atom stereocenters. The summed E-state index contributed by atoms with van der Waals surface area (Å²) in [4.78, 5) is 2.76. The van der Waals surface area contributed by atoms with Crippen LogP contribution in [-0.2, 0) is 9.84 Å². The van der Waals surface area contributed by atoms with E-state index in [0.29, 0.717) is 6.07 Å². The predicted molar refractivity (Wildman–Crippen MR) is 67.3 cm³/mol. The Kier molecular flexibility index (Phi) is 3.80. The van der Waals surface area contributed by atoms with Crippen molar-refractivity contribution >= 4 is 9.84 Å². The first-order valence-electron chi connectivity index (χ1n) is 5.68. The van der Waals surface area contributed by atoms with Gasteiger partial charge in [0.25, 0.3) is 0 Å². The average Bonchev–Trinajstić information content (AvgIpc) is 2.37. The van der Waals surface area contributed by atoms with Gasteiger partial charge in [0.15, 0.2) is 9.84 Å². The van der Waals surface area contributed by atoms with Gasteiger partial charge in [0.1, 0.15) is 16.5 Å². The van der Waals surface area contributed by atoms with E-state index in [1.54, 1.807) is 0 Å². The maximum Gasteiger partial charge on any atom is 0.231 e. The zero-order valence-electron chi connectivity index (χ0n) is 10.4. The molecule has 0 aliphatic rings. The summed E-state index contributed by atoms with van der Waals surface area (Å²) in [5, 5.41) is 0. The van der Waals surface area contributed by atoms with Gasteiger partial charge in [0.05, 0.1) is 5.75 Å². The number of rotatable bonds is 3. The number of benzene rings is 1. The van der Waals surface area contributed by atoms with Crippen molar-refractivity contribution < 1.29 is 21.6 Å². The highest BCUT2D eigenvalue weighted by molar-refractivity contribution is 7.91. The molecule has 1 heterocycles. The van der Waals surface area contributed by atoms with E-state index in [1.807, 2.05) is 0 Å². The Balaban J connectivity index is 2.63. The van der Waals surface area contributed by atoms with E-state index in [0.717, 1.165) is 24.4 Å². The van der Waals surface area contributed by atoms with Crippen molar-refractivity contribution in [2.45, 2.75) is 11.8 Å². The fraction of sp³-hybridized carbons (Fsp3) is 0.154. The minimum Gasteiger partial charge on any atom is -0.227 e. The van der Waals surface area contributed by atoms with E-state index in [9.17, 15) is 21.6 Å². The molecule has 0 amide bonds. The molecule has 0 saturated carbocycles. The lowest BCUT2D eigenvalue weighted by Crippen LogP contribution is -2.08. The Morgan fingerprint density at radius 1 is 1.00 bits per heavy atom. The van der Waals surface area contributed by atoms with Crippen LogP contribution in [0.25, 0.3) is 11.1 Å². The van der Waals surface area contributed by atoms with E-state index in [2.05, 4.69) is 4.98 Å². The average molecular weight is 301 g/mol. The Bertz CT molecular complexity index is 740. The van der Waals surface area contributed by atoms with Crippen molar-refractivity contribution in [3.05, 3.63) is 48.0 Å². The molecular formula is C13H10F3NO2S. The molecule has 2 aromatic rings. The highest BCUT2D eigenvalue weighted by Gasteiger charge is 2.19. The van der Waals surface area contributed by atoms with Gasteiger partial charge in [-0.05, 0) is 23.8 Å². The summed E-state index contributed by atoms with van der Waals surface area (Å²) >= 11 is 0. The normalized spacial score (nSPS) is 11.6. The molecule has 7 heteroatoms. The first-order valence-corrected chi connectivity index (χ1v) is 7.33. The van der Waals surface area contributed by atoms with Crippen LogP contribution >= 0.6 is 0 Å². The monoisotopic (exact) mass is 301 g/mol. The Hall–Kier alpha value is -1.89. The fourth-order valence-electron chi connectivity index (χ4n) is 1.68. The summed E-state index contributed by atoms with van der Waals surface area (Å²) in [7, 11) is -3.80. The van der Waals surface area contributed by atoms with Gasteiger partial charge in [-0.25, -0.2) is 22.2 Å². The van der Waals surface area contributed by atoms with Gasteiger partial charge >= 0.3 is 0 Å². The van der Waals surface area contributed by atoms with Crippen molar-refractivity contribution in [3.63, 3.8) is 0 Å². The Labute approximate surface area is 114 Å². The summed E-state index contributed by atoms with van der Waals surface area (Å²) in [6, 6.07) is 3.74. The third-order valence-corrected chi connectivity index (χ3v) is 4.43. The van der Waals surface area contributed by atoms with E-state index in [-0.39, 0.29) is 16.9 Å². The van der Waals surface area contributed by atoms with Crippen LogP contribution in [0.5, 0.6) is 0 Å². The van der Waals surface area contributed by atoms with Crippen LogP contribution < -0.4 is 0 Å². The number of hydrogen-bond acceptors (Lipinski definition) is 3. The molecule has 0 aliphatic carbocycles. The SMILES string of the molecule is CCS(=O)(=O)c1cc(-c2cc(F)cc(F)c2)cnc1F. The molecule has 1 aromatic heterocycles. The Morgan fingerprint density at radius 3 is 2.15 bits per heavy atom. The van der Waals surface area contributed by atoms with Gasteiger partial charge in [-0.1, -0.05) is 6.92 Å². The van der Waals surface area contributed by atoms with Gasteiger partial charge in [-0.2, -0.15) is 4.39 Å². The number of hydrogen-bond donors (Lipinski definition) is 0. The number of sulfone groups is 1. The van der Waals surface area contributed by atoms with Crippen molar-refractivity contribution in [1.82, 2.24) is 4.98 Å². The first-order chi connectivity index (χ1) is 9.33. The van der Waals surface area contributed by atoms with Gasteiger partial charge in [0.2, 0.25) is 5.95 Å². The van der Waals surface area contributed by atoms with Gasteiger partial charge in [0, 0.05) is 17.8 Å². The molecule has 106 valence electrons. The largest absolute Gasteiger partial charge is 0.231 e. The predicted octanol–water partition coefficient (Wildman–Crippen LogP) is 2.96. The molecular weight excluding hydrogens is 291 g/mol. The summed E-state index contributed by atoms with van der Waals surface area (Å²) in [5.41, 5.74) is 0.208. The summed E-state index contributed by atoms with van der Waals surface area (Å²) in [6.45, 7) is 1.36. The van der Waals surface area contributed by atoms with Crippen LogP contribution in [0.1, 0.15) is 6.92 Å². The second-order valence-electron chi connectivity index (χ2n) is 4.07. The third kappa shape index (κ3) is 2.82. The van der Waals surface area contributed by atoms with Gasteiger partial charge in [-0.15, -0.1) is 0 Å². The van der Waals surface area contributed by atoms with Gasteiger partial charge in [-0.3, -0.25) is 0 Å². The fourth-order valence-corrected chi connectivity index (χ4v) is 2.61. The zero-order chi connectivity index (χ0) is 14.9. The molecule has 3 nitrogen and oxygen atoms in total. The minimum absolute atomic E-state index is 0.0857. The van der Waals surface area contributed by atoms with Crippen LogP contribution in [0.2, 0.25) is 0 Å². The van der Waals surface area contributed by atoms with Crippen LogP contribution in [0.4, 0.5) is 13.2 Å². The second-order valence-corrected chi connectivity index (χ2v) is 6.32. The van der Waals surface area contributed by atoms with Gasteiger partial charge < -0.3 is 0 Å². The molecule has 0 bridgehead atoms. The molecule has 0 fully saturated rings. The summed E-state index contributed by atoms with van der Waals surface area (Å²) in [5.74, 6) is -3.06. The molecule has 0 N–H and O–H groups in total. The highest BCUT2D eigenvalue weighted by atomic mass is 32.2. The molecule has 0 saturated heterocycles. The first kappa shape index (κ1) is 14.5. The summed E-state index contributed by atoms with van der Waals surface area (Å²) < 4.78 is 63.2. The molecule has 2 rings (SSSR count). The van der Waals surface area contributed by atoms with Crippen molar-refractivity contribution in [2.24, 2.45) is 0 Å². The molecule has 0 spiro atoms. The molecule has 0 aliphatic heterocycles. The van der Waals surface area contributed by atoms with Crippen LogP contribution in [-0.4, -0.2) is 19.2 Å². The lowest BCUT2D eigenvalue weighted by molar-refractivity contribution is 0.539. The maximum absolute atomic E-state index is 13.5. The van der Waals surface area contributed by atoms with E-state index in [1.165, 1.54) is 6.92 Å². The van der Waals surface area contributed by atoms with E-state index < -0.39 is 32.3 Å². The quantitative estimate of drug-likeness (QED) is 0.819. The molecule has 1 aromatic carbocycles. The number of halogens is 3. The zero-order valence-corrected chi connectivity index (χ0v) is 11.2. The van der Waals surface area contributed by atoms with E-state index in [4.69, 9.17) is 0 Å². The maximum atomic E-state index is 13.5. The molecule has 0 unspecified atom stereocenters. The highest BCUT2D eigenvalue weighted by Crippen LogP contribution is 2.25. The van der Waals surface area contributed by atoms with Crippen molar-refractivity contribution in [2.75, 3.05) is 5.75 Å². The molecule has 0 radical (unpaired) electrons. The number of aromatic nitrogens is 1. The smallest absolute Gasteiger partial charge is 0.227 e. The number of nitrogens with zero attached hydrogens (tertiary/aromatic N) is 1. The lowest BCUT2D eigenvalue weighted by Gasteiger charge is -2.06. The second kappa shape index (κ2) is 5.24. The van der Waals surface area contributed by atoms with Crippen molar-refractivity contribution in [3.8, 4) is 11.1 Å². The van der Waals surface area contributed by atoms with Crippen LogP contribution in [0.3, 0.4) is 0 Å². The number of pyridine rings is 1. The topological polar surface area (TPSA) is 47.0 Å². The van der Waals surface area contributed by atoms with Crippen LogP contribution in [0, 0.1) is 17.6 Å². The third-order valence-electron chi connectivity index (χ3n) is 2.72. The molecule has 20 heavy (non-hydrogen) atoms.